The standard InChI is InChI=1S/C17H17N3/c18-16-8-6-14(7-9-16)12-17-19-10-11-20(17)13-15-4-2-1-3-5-15/h1-11H,12-13,18H2. The van der Waals surface area contributed by atoms with E-state index in [1.54, 1.807) is 0 Å². The first-order valence-electron chi connectivity index (χ1n) is 6.69. The third-order valence-electron chi connectivity index (χ3n) is 3.34. The molecule has 3 aromatic rings. The lowest BCUT2D eigenvalue weighted by Crippen LogP contribution is -2.05. The van der Waals surface area contributed by atoms with Gasteiger partial charge in [0, 0.05) is 31.0 Å². The molecule has 0 amide bonds. The topological polar surface area (TPSA) is 43.8 Å². The number of imidazole rings is 1. The number of benzene rings is 2. The second-order valence-corrected chi connectivity index (χ2v) is 4.88. The minimum Gasteiger partial charge on any atom is -0.399 e. The molecule has 0 bridgehead atoms. The number of hydrogen-bond acceptors (Lipinski definition) is 2. The monoisotopic (exact) mass is 263 g/mol. The second-order valence-electron chi connectivity index (χ2n) is 4.88. The predicted molar refractivity (Wildman–Crippen MR) is 81.4 cm³/mol. The zero-order valence-corrected chi connectivity index (χ0v) is 11.2. The van der Waals surface area contributed by atoms with Crippen molar-refractivity contribution < 1.29 is 0 Å². The SMILES string of the molecule is Nc1ccc(Cc2nccn2Cc2ccccc2)cc1. The highest BCUT2D eigenvalue weighted by atomic mass is 15.1. The quantitative estimate of drug-likeness (QED) is 0.735. The van der Waals surface area contributed by atoms with E-state index in [0.717, 1.165) is 24.5 Å². The molecule has 0 aliphatic carbocycles. The van der Waals surface area contributed by atoms with Gasteiger partial charge in [0.2, 0.25) is 0 Å². The number of hydrogen-bond donors (Lipinski definition) is 1. The van der Waals surface area contributed by atoms with Gasteiger partial charge in [-0.1, -0.05) is 42.5 Å². The van der Waals surface area contributed by atoms with Gasteiger partial charge in [0.1, 0.15) is 5.82 Å². The lowest BCUT2D eigenvalue weighted by Gasteiger charge is -2.08. The first-order valence-corrected chi connectivity index (χ1v) is 6.69. The largest absolute Gasteiger partial charge is 0.399 e. The van der Waals surface area contributed by atoms with Crippen molar-refractivity contribution in [2.75, 3.05) is 5.73 Å². The van der Waals surface area contributed by atoms with Crippen molar-refractivity contribution in [1.82, 2.24) is 9.55 Å². The van der Waals surface area contributed by atoms with Crippen molar-refractivity contribution in [3.63, 3.8) is 0 Å². The number of aromatic nitrogens is 2. The number of nitrogens with zero attached hydrogens (tertiary/aromatic N) is 2. The van der Waals surface area contributed by atoms with E-state index >= 15 is 0 Å². The van der Waals surface area contributed by atoms with E-state index in [2.05, 4.69) is 45.9 Å². The second kappa shape index (κ2) is 5.61. The summed E-state index contributed by atoms with van der Waals surface area (Å²) in [4.78, 5) is 4.46. The molecule has 1 heterocycles. The van der Waals surface area contributed by atoms with Crippen LogP contribution in [0, 0.1) is 0 Å². The smallest absolute Gasteiger partial charge is 0.113 e. The zero-order valence-electron chi connectivity index (χ0n) is 11.2. The summed E-state index contributed by atoms with van der Waals surface area (Å²) in [5.74, 6) is 1.07. The third kappa shape index (κ3) is 2.88. The molecule has 0 radical (unpaired) electrons. The summed E-state index contributed by atoms with van der Waals surface area (Å²) in [5, 5.41) is 0. The summed E-state index contributed by atoms with van der Waals surface area (Å²) in [6.07, 6.45) is 4.70. The molecule has 0 fully saturated rings. The molecule has 0 atom stereocenters. The van der Waals surface area contributed by atoms with E-state index in [1.807, 2.05) is 30.6 Å². The molecule has 2 N–H and O–H groups in total. The lowest BCUT2D eigenvalue weighted by molar-refractivity contribution is 0.740. The van der Waals surface area contributed by atoms with Gasteiger partial charge in [0.15, 0.2) is 0 Å². The van der Waals surface area contributed by atoms with Crippen LogP contribution in [0.4, 0.5) is 5.69 Å². The van der Waals surface area contributed by atoms with Crippen molar-refractivity contribution >= 4 is 5.69 Å². The Kier molecular flexibility index (Phi) is 3.50. The average molecular weight is 263 g/mol. The van der Waals surface area contributed by atoms with Crippen LogP contribution in [-0.2, 0) is 13.0 Å². The van der Waals surface area contributed by atoms with E-state index in [-0.39, 0.29) is 0 Å². The normalized spacial score (nSPS) is 10.6. The van der Waals surface area contributed by atoms with Crippen LogP contribution in [0.15, 0.2) is 67.0 Å². The Morgan fingerprint density at radius 1 is 0.900 bits per heavy atom. The third-order valence-corrected chi connectivity index (χ3v) is 3.34. The highest BCUT2D eigenvalue weighted by Gasteiger charge is 2.04. The van der Waals surface area contributed by atoms with Crippen LogP contribution in [0.5, 0.6) is 0 Å². The van der Waals surface area contributed by atoms with Gasteiger partial charge >= 0.3 is 0 Å². The molecule has 20 heavy (non-hydrogen) atoms. The Labute approximate surface area is 118 Å². The first-order chi connectivity index (χ1) is 9.81. The van der Waals surface area contributed by atoms with Crippen LogP contribution in [0.2, 0.25) is 0 Å². The van der Waals surface area contributed by atoms with Gasteiger partial charge in [0.25, 0.3) is 0 Å². The summed E-state index contributed by atoms with van der Waals surface area (Å²) < 4.78 is 2.19. The molecule has 0 saturated carbocycles. The minimum absolute atomic E-state index is 0.793. The van der Waals surface area contributed by atoms with Crippen LogP contribution in [0.25, 0.3) is 0 Å². The fraction of sp³-hybridized carbons (Fsp3) is 0.118. The summed E-state index contributed by atoms with van der Waals surface area (Å²) in [6.45, 7) is 0.852. The maximum absolute atomic E-state index is 5.71. The molecule has 3 rings (SSSR count). The molecular formula is C17H17N3. The van der Waals surface area contributed by atoms with Gasteiger partial charge in [-0.3, -0.25) is 0 Å². The van der Waals surface area contributed by atoms with Crippen LogP contribution in [-0.4, -0.2) is 9.55 Å². The van der Waals surface area contributed by atoms with Crippen molar-refractivity contribution in [3.8, 4) is 0 Å². The van der Waals surface area contributed by atoms with Crippen LogP contribution >= 0.6 is 0 Å². The van der Waals surface area contributed by atoms with Gasteiger partial charge in [0.05, 0.1) is 0 Å². The van der Waals surface area contributed by atoms with Crippen LogP contribution in [0.1, 0.15) is 17.0 Å². The molecule has 0 aliphatic rings. The zero-order chi connectivity index (χ0) is 13.8. The molecular weight excluding hydrogens is 246 g/mol. The average Bonchev–Trinajstić information content (AvgIpc) is 2.90. The molecule has 1 aromatic heterocycles. The minimum atomic E-state index is 0.793. The van der Waals surface area contributed by atoms with Gasteiger partial charge in [-0.15, -0.1) is 0 Å². The van der Waals surface area contributed by atoms with E-state index < -0.39 is 0 Å². The number of nitrogens with two attached hydrogens (primary N) is 1. The predicted octanol–water partition coefficient (Wildman–Crippen LogP) is 3.10. The number of rotatable bonds is 4. The fourth-order valence-corrected chi connectivity index (χ4v) is 2.25. The Hall–Kier alpha value is -2.55. The molecule has 100 valence electrons. The maximum Gasteiger partial charge on any atom is 0.113 e. The molecule has 2 aromatic carbocycles. The molecule has 0 saturated heterocycles. The van der Waals surface area contributed by atoms with Gasteiger partial charge in [-0.2, -0.15) is 0 Å². The Morgan fingerprint density at radius 3 is 2.40 bits per heavy atom. The molecule has 3 heteroatoms. The first kappa shape index (κ1) is 12.5. The number of nitrogen functional groups attached to an aromatic ring is 1. The van der Waals surface area contributed by atoms with Crippen LogP contribution < -0.4 is 5.73 Å². The summed E-state index contributed by atoms with van der Waals surface area (Å²) >= 11 is 0. The Bertz CT molecular complexity index is 669. The van der Waals surface area contributed by atoms with Gasteiger partial charge in [-0.05, 0) is 23.3 Å². The maximum atomic E-state index is 5.71. The summed E-state index contributed by atoms with van der Waals surface area (Å²) in [7, 11) is 0. The van der Waals surface area contributed by atoms with Gasteiger partial charge < -0.3 is 10.3 Å². The van der Waals surface area contributed by atoms with Gasteiger partial charge in [-0.25, -0.2) is 4.98 Å². The van der Waals surface area contributed by atoms with E-state index in [0.29, 0.717) is 0 Å². The molecule has 0 unspecified atom stereocenters. The summed E-state index contributed by atoms with van der Waals surface area (Å²) in [5.41, 5.74) is 9.01. The molecule has 0 spiro atoms. The van der Waals surface area contributed by atoms with Crippen molar-refractivity contribution in [3.05, 3.63) is 83.9 Å². The summed E-state index contributed by atoms with van der Waals surface area (Å²) in [6, 6.07) is 18.4. The Morgan fingerprint density at radius 2 is 1.65 bits per heavy atom. The van der Waals surface area contributed by atoms with Crippen molar-refractivity contribution in [2.24, 2.45) is 0 Å². The van der Waals surface area contributed by atoms with Crippen molar-refractivity contribution in [1.29, 1.82) is 0 Å². The van der Waals surface area contributed by atoms with E-state index in [4.69, 9.17) is 5.73 Å². The molecule has 0 aliphatic heterocycles. The fourth-order valence-electron chi connectivity index (χ4n) is 2.25. The van der Waals surface area contributed by atoms with Crippen LogP contribution in [0.3, 0.4) is 0 Å². The van der Waals surface area contributed by atoms with E-state index in [9.17, 15) is 0 Å². The molecule has 3 nitrogen and oxygen atoms in total. The highest BCUT2D eigenvalue weighted by molar-refractivity contribution is 5.39. The highest BCUT2D eigenvalue weighted by Crippen LogP contribution is 2.12. The lowest BCUT2D eigenvalue weighted by atomic mass is 10.1. The van der Waals surface area contributed by atoms with E-state index in [1.165, 1.54) is 11.1 Å². The number of anilines is 1. The van der Waals surface area contributed by atoms with Crippen molar-refractivity contribution in [2.45, 2.75) is 13.0 Å². The Balaban J connectivity index is 1.78.